The number of anilines is 1. The predicted octanol–water partition coefficient (Wildman–Crippen LogP) is 1.29. The van der Waals surface area contributed by atoms with Crippen LogP contribution in [0.25, 0.3) is 10.9 Å². The lowest BCUT2D eigenvalue weighted by Crippen LogP contribution is -2.61. The van der Waals surface area contributed by atoms with Gasteiger partial charge in [0, 0.05) is 38.4 Å². The fourth-order valence-corrected chi connectivity index (χ4v) is 4.23. The largest absolute Gasteiger partial charge is 0.477 e. The maximum Gasteiger partial charge on any atom is 0.341 e. The molecule has 2 aromatic rings. The summed E-state index contributed by atoms with van der Waals surface area (Å²) in [5, 5.41) is 9.28. The number of pyridine rings is 1. The van der Waals surface area contributed by atoms with Crippen molar-refractivity contribution in [2.75, 3.05) is 37.5 Å². The van der Waals surface area contributed by atoms with E-state index in [-0.39, 0.29) is 11.4 Å². The monoisotopic (exact) mass is 360 g/mol. The topological polar surface area (TPSA) is 77.8 Å². The van der Waals surface area contributed by atoms with Crippen molar-refractivity contribution in [1.82, 2.24) is 9.58 Å². The number of carboxylic acids is 1. The van der Waals surface area contributed by atoms with E-state index in [2.05, 4.69) is 22.3 Å². The lowest BCUT2D eigenvalue weighted by Gasteiger charge is -2.51. The third kappa shape index (κ3) is 2.44. The van der Waals surface area contributed by atoms with Crippen molar-refractivity contribution in [3.8, 4) is 0 Å². The van der Waals surface area contributed by atoms with Crippen LogP contribution in [0.4, 0.5) is 10.1 Å². The Labute approximate surface area is 149 Å². The van der Waals surface area contributed by atoms with Crippen LogP contribution in [0.2, 0.25) is 0 Å². The summed E-state index contributed by atoms with van der Waals surface area (Å²) < 4.78 is 16.4. The molecule has 2 unspecified atom stereocenters. The van der Waals surface area contributed by atoms with Crippen LogP contribution in [0.15, 0.2) is 23.1 Å². The first kappa shape index (κ1) is 16.8. The molecular weight excluding hydrogens is 339 g/mol. The number of likely N-dealkylation sites (N-methyl/N-ethyl adjacent to an activating group) is 1. The first-order chi connectivity index (χ1) is 12.4. The van der Waals surface area contributed by atoms with Gasteiger partial charge < -0.3 is 15.4 Å². The minimum absolute atomic E-state index is 0.0554. The molecule has 26 heavy (non-hydrogen) atoms. The number of rotatable bonds is 3. The zero-order valence-electron chi connectivity index (χ0n) is 14.7. The van der Waals surface area contributed by atoms with Gasteiger partial charge in [0.1, 0.15) is 11.4 Å². The highest BCUT2D eigenvalue weighted by Gasteiger charge is 2.38. The number of nitrogens with zero attached hydrogens (tertiary/aromatic N) is 3. The molecule has 8 heteroatoms. The van der Waals surface area contributed by atoms with E-state index in [1.54, 1.807) is 13.1 Å². The molecule has 0 spiro atoms. The molecule has 7 nitrogen and oxygen atoms in total. The number of hydrogen-bond acceptors (Lipinski definition) is 5. The molecule has 2 bridgehead atoms. The first-order valence-corrected chi connectivity index (χ1v) is 8.67. The van der Waals surface area contributed by atoms with Crippen molar-refractivity contribution in [3.63, 3.8) is 0 Å². The fraction of sp³-hybridized carbons (Fsp3) is 0.444. The highest BCUT2D eigenvalue weighted by Crippen LogP contribution is 2.34. The van der Waals surface area contributed by atoms with Crippen molar-refractivity contribution in [2.45, 2.75) is 24.9 Å². The Kier molecular flexibility index (Phi) is 3.87. The Bertz CT molecular complexity index is 958. The third-order valence-corrected chi connectivity index (χ3v) is 5.66. The predicted molar refractivity (Wildman–Crippen MR) is 97.2 cm³/mol. The molecule has 3 fully saturated rings. The van der Waals surface area contributed by atoms with Crippen molar-refractivity contribution in [1.29, 1.82) is 0 Å². The highest BCUT2D eigenvalue weighted by atomic mass is 19.1. The molecule has 3 aliphatic heterocycles. The van der Waals surface area contributed by atoms with Gasteiger partial charge in [0.15, 0.2) is 0 Å². The minimum atomic E-state index is -1.33. The average molecular weight is 360 g/mol. The minimum Gasteiger partial charge on any atom is -0.477 e. The SMILES string of the molecule is CNn1cc(C(=O)O)c(=O)c2cc(F)c(N3CC4CCC3CN4C)cc21. The van der Waals surface area contributed by atoms with Gasteiger partial charge in [0.25, 0.3) is 0 Å². The summed E-state index contributed by atoms with van der Waals surface area (Å²) in [6.45, 7) is 1.64. The zero-order chi connectivity index (χ0) is 18.6. The van der Waals surface area contributed by atoms with Crippen LogP contribution in [0.1, 0.15) is 23.2 Å². The summed E-state index contributed by atoms with van der Waals surface area (Å²) in [4.78, 5) is 28.1. The van der Waals surface area contributed by atoms with E-state index in [1.807, 2.05) is 0 Å². The van der Waals surface area contributed by atoms with Crippen LogP contribution in [0.3, 0.4) is 0 Å². The normalized spacial score (nSPS) is 22.8. The number of halogens is 1. The second kappa shape index (κ2) is 5.98. The van der Waals surface area contributed by atoms with Crippen molar-refractivity contribution < 1.29 is 14.3 Å². The second-order valence-corrected chi connectivity index (χ2v) is 7.07. The number of carboxylic acid groups (broad SMARTS) is 1. The van der Waals surface area contributed by atoms with E-state index in [1.165, 1.54) is 16.9 Å². The lowest BCUT2D eigenvalue weighted by atomic mass is 9.90. The lowest BCUT2D eigenvalue weighted by molar-refractivity contribution is 0.0695. The molecule has 3 aliphatic rings. The standard InChI is InChI=1S/C18H21FN4O3/c1-20-23-9-13(18(25)26)17(24)12-5-14(19)16(6-15(12)23)22-8-10-3-4-11(22)7-21(10)2/h5-6,9-11,20H,3-4,7-8H2,1-2H3,(H,25,26). The molecule has 2 N–H and O–H groups in total. The Hall–Kier alpha value is -2.61. The molecule has 138 valence electrons. The van der Waals surface area contributed by atoms with Crippen LogP contribution in [0, 0.1) is 5.82 Å². The molecule has 3 saturated heterocycles. The van der Waals surface area contributed by atoms with E-state index >= 15 is 0 Å². The molecular formula is C18H21FN4O3. The van der Waals surface area contributed by atoms with Crippen LogP contribution >= 0.6 is 0 Å². The van der Waals surface area contributed by atoms with Crippen molar-refractivity contribution in [2.24, 2.45) is 0 Å². The summed E-state index contributed by atoms with van der Waals surface area (Å²) in [6, 6.07) is 3.45. The highest BCUT2D eigenvalue weighted by molar-refractivity contribution is 5.93. The van der Waals surface area contributed by atoms with Crippen LogP contribution in [0.5, 0.6) is 0 Å². The summed E-state index contributed by atoms with van der Waals surface area (Å²) in [6.07, 6.45) is 3.37. The number of carbonyl (C=O) groups is 1. The molecule has 0 aliphatic carbocycles. The summed E-state index contributed by atoms with van der Waals surface area (Å²) in [5.74, 6) is -1.82. The molecule has 0 amide bonds. The number of piperazine rings is 1. The van der Waals surface area contributed by atoms with Gasteiger partial charge >= 0.3 is 5.97 Å². The summed E-state index contributed by atoms with van der Waals surface area (Å²) in [5.41, 5.74) is 2.71. The maximum atomic E-state index is 14.9. The van der Waals surface area contributed by atoms with Gasteiger partial charge in [-0.1, -0.05) is 0 Å². The molecule has 4 heterocycles. The van der Waals surface area contributed by atoms with E-state index in [0.29, 0.717) is 17.2 Å². The summed E-state index contributed by atoms with van der Waals surface area (Å²) in [7, 11) is 3.72. The molecule has 0 radical (unpaired) electrons. The summed E-state index contributed by atoms with van der Waals surface area (Å²) >= 11 is 0. The number of aromatic nitrogens is 1. The average Bonchev–Trinajstić information content (AvgIpc) is 2.62. The van der Waals surface area contributed by atoms with Gasteiger partial charge in [0.05, 0.1) is 16.6 Å². The van der Waals surface area contributed by atoms with E-state index < -0.39 is 22.8 Å². The van der Waals surface area contributed by atoms with Gasteiger partial charge in [-0.05, 0) is 32.0 Å². The molecule has 2 atom stereocenters. The number of piperidine rings is 2. The molecule has 5 rings (SSSR count). The Morgan fingerprint density at radius 2 is 2.00 bits per heavy atom. The van der Waals surface area contributed by atoms with E-state index in [9.17, 15) is 19.1 Å². The molecule has 1 aromatic heterocycles. The first-order valence-electron chi connectivity index (χ1n) is 8.67. The van der Waals surface area contributed by atoms with Gasteiger partial charge in [-0.3, -0.25) is 14.4 Å². The van der Waals surface area contributed by atoms with Crippen molar-refractivity contribution >= 4 is 22.6 Å². The van der Waals surface area contributed by atoms with E-state index in [4.69, 9.17) is 0 Å². The van der Waals surface area contributed by atoms with Crippen LogP contribution in [-0.2, 0) is 0 Å². The smallest absolute Gasteiger partial charge is 0.341 e. The Morgan fingerprint density at radius 1 is 1.27 bits per heavy atom. The fourth-order valence-electron chi connectivity index (χ4n) is 4.23. The Balaban J connectivity index is 1.88. The maximum absolute atomic E-state index is 14.9. The van der Waals surface area contributed by atoms with E-state index in [0.717, 1.165) is 25.9 Å². The third-order valence-electron chi connectivity index (χ3n) is 5.66. The van der Waals surface area contributed by atoms with Gasteiger partial charge in [-0.2, -0.15) is 0 Å². The van der Waals surface area contributed by atoms with Gasteiger partial charge in [0.2, 0.25) is 5.43 Å². The molecule has 0 saturated carbocycles. The number of fused-ring (bicyclic) bond motifs is 4. The number of hydrogen-bond donors (Lipinski definition) is 2. The van der Waals surface area contributed by atoms with Gasteiger partial charge in [-0.15, -0.1) is 0 Å². The zero-order valence-corrected chi connectivity index (χ0v) is 14.7. The van der Waals surface area contributed by atoms with Crippen LogP contribution in [-0.4, -0.2) is 59.9 Å². The van der Waals surface area contributed by atoms with Gasteiger partial charge in [-0.25, -0.2) is 9.18 Å². The number of aromatic carboxylic acids is 1. The quantitative estimate of drug-likeness (QED) is 0.859. The Morgan fingerprint density at radius 3 is 2.58 bits per heavy atom. The number of benzene rings is 1. The van der Waals surface area contributed by atoms with Crippen LogP contribution < -0.4 is 15.8 Å². The second-order valence-electron chi connectivity index (χ2n) is 7.07. The molecule has 1 aromatic carbocycles. The number of nitrogens with one attached hydrogen (secondary N) is 1. The van der Waals surface area contributed by atoms with Crippen molar-refractivity contribution in [3.05, 3.63) is 39.9 Å².